The van der Waals surface area contributed by atoms with E-state index in [4.69, 9.17) is 0 Å². The predicted octanol–water partition coefficient (Wildman–Crippen LogP) is 2.08. The first-order chi connectivity index (χ1) is 7.89. The highest BCUT2D eigenvalue weighted by atomic mass is 19.4. The van der Waals surface area contributed by atoms with Crippen LogP contribution in [0.1, 0.15) is 12.5 Å². The molecule has 0 saturated heterocycles. The summed E-state index contributed by atoms with van der Waals surface area (Å²) in [6, 6.07) is 0. The van der Waals surface area contributed by atoms with Gasteiger partial charge in [-0.1, -0.05) is 6.92 Å². The van der Waals surface area contributed by atoms with Crippen LogP contribution in [-0.2, 0) is 6.42 Å². The van der Waals surface area contributed by atoms with E-state index in [-0.39, 0.29) is 0 Å². The Morgan fingerprint density at radius 1 is 1.35 bits per heavy atom. The van der Waals surface area contributed by atoms with E-state index in [0.717, 1.165) is 4.90 Å². The molecular weight excluding hydrogens is 233 g/mol. The number of anilines is 2. The Balaban J connectivity index is 3.04. The smallest absolute Gasteiger partial charge is 0.373 e. The second-order valence-electron chi connectivity index (χ2n) is 3.60. The lowest BCUT2D eigenvalue weighted by molar-refractivity contribution is -0.119. The molecule has 0 atom stereocenters. The molecule has 17 heavy (non-hydrogen) atoms. The molecule has 1 rings (SSSR count). The molecule has 0 aliphatic heterocycles. The molecule has 1 heterocycles. The highest BCUT2D eigenvalue weighted by Gasteiger charge is 2.30. The van der Waals surface area contributed by atoms with Crippen molar-refractivity contribution < 1.29 is 13.2 Å². The number of nitrogens with one attached hydrogen (secondary N) is 1. The molecule has 4 nitrogen and oxygen atoms in total. The van der Waals surface area contributed by atoms with Gasteiger partial charge in [-0.3, -0.25) is 0 Å². The molecule has 0 radical (unpaired) electrons. The molecule has 1 aromatic rings. The van der Waals surface area contributed by atoms with Gasteiger partial charge in [0.1, 0.15) is 24.5 Å². The minimum Gasteiger partial charge on any atom is -0.373 e. The molecule has 96 valence electrons. The topological polar surface area (TPSA) is 41.1 Å². The van der Waals surface area contributed by atoms with Crippen LogP contribution in [0.4, 0.5) is 24.8 Å². The molecule has 1 N–H and O–H groups in total. The summed E-state index contributed by atoms with van der Waals surface area (Å²) in [6.45, 7) is 0.824. The maximum atomic E-state index is 12.3. The Hall–Kier alpha value is -1.53. The summed E-state index contributed by atoms with van der Waals surface area (Å²) in [6.07, 6.45) is -2.42. The summed E-state index contributed by atoms with van der Waals surface area (Å²) in [4.78, 5) is 8.98. The van der Waals surface area contributed by atoms with Crippen LogP contribution in [0.3, 0.4) is 0 Å². The van der Waals surface area contributed by atoms with Crippen LogP contribution in [-0.4, -0.2) is 36.8 Å². The zero-order valence-corrected chi connectivity index (χ0v) is 9.97. The second-order valence-corrected chi connectivity index (χ2v) is 3.60. The van der Waals surface area contributed by atoms with Crippen LogP contribution in [0.25, 0.3) is 0 Å². The first-order valence-electron chi connectivity index (χ1n) is 5.18. The van der Waals surface area contributed by atoms with Crippen molar-refractivity contribution in [2.75, 3.05) is 30.9 Å². The fourth-order valence-corrected chi connectivity index (χ4v) is 1.62. The Morgan fingerprint density at radius 2 is 2.00 bits per heavy atom. The number of aromatic nitrogens is 2. The Morgan fingerprint density at radius 3 is 2.47 bits per heavy atom. The molecule has 0 aliphatic rings. The molecule has 0 bridgehead atoms. The summed E-state index contributed by atoms with van der Waals surface area (Å²) in [5.74, 6) is 0.871. The molecule has 1 aromatic heterocycles. The van der Waals surface area contributed by atoms with Crippen LogP contribution in [0.5, 0.6) is 0 Å². The van der Waals surface area contributed by atoms with E-state index in [1.807, 2.05) is 6.92 Å². The number of halogens is 3. The van der Waals surface area contributed by atoms with Gasteiger partial charge < -0.3 is 10.2 Å². The van der Waals surface area contributed by atoms with Crippen LogP contribution < -0.4 is 10.2 Å². The third-order valence-electron chi connectivity index (χ3n) is 2.29. The van der Waals surface area contributed by atoms with Gasteiger partial charge in [0.2, 0.25) is 0 Å². The Kier molecular flexibility index (Phi) is 4.14. The third kappa shape index (κ3) is 3.47. The first kappa shape index (κ1) is 13.5. The molecule has 0 aliphatic carbocycles. The normalized spacial score (nSPS) is 11.4. The third-order valence-corrected chi connectivity index (χ3v) is 2.29. The van der Waals surface area contributed by atoms with Crippen molar-refractivity contribution in [3.8, 4) is 0 Å². The number of hydrogen-bond donors (Lipinski definition) is 1. The predicted molar refractivity (Wildman–Crippen MR) is 60.3 cm³/mol. The molecule has 0 aromatic carbocycles. The van der Waals surface area contributed by atoms with Gasteiger partial charge in [0.15, 0.2) is 0 Å². The van der Waals surface area contributed by atoms with Crippen molar-refractivity contribution in [1.29, 1.82) is 0 Å². The molecule has 7 heteroatoms. The average Bonchev–Trinajstić information content (AvgIpc) is 2.25. The van der Waals surface area contributed by atoms with Gasteiger partial charge in [0.05, 0.1) is 0 Å². The standard InChI is InChI=1S/C10H15F3N4/c1-4-7-8(14-2)15-6-16-9(7)17(3)5-10(11,12)13/h6H,4-5H2,1-3H3,(H,14,15,16). The average molecular weight is 248 g/mol. The van der Waals surface area contributed by atoms with Gasteiger partial charge in [0, 0.05) is 19.7 Å². The largest absolute Gasteiger partial charge is 0.405 e. The minimum atomic E-state index is -4.25. The van der Waals surface area contributed by atoms with Gasteiger partial charge >= 0.3 is 6.18 Å². The van der Waals surface area contributed by atoms with Crippen LogP contribution in [0, 0.1) is 0 Å². The summed E-state index contributed by atoms with van der Waals surface area (Å²) in [5, 5.41) is 2.85. The molecule has 0 spiro atoms. The number of nitrogens with zero attached hydrogens (tertiary/aromatic N) is 3. The van der Waals surface area contributed by atoms with Gasteiger partial charge in [-0.15, -0.1) is 0 Å². The van der Waals surface area contributed by atoms with E-state index in [1.165, 1.54) is 13.4 Å². The van der Waals surface area contributed by atoms with E-state index < -0.39 is 12.7 Å². The van der Waals surface area contributed by atoms with Crippen LogP contribution in [0.15, 0.2) is 6.33 Å². The first-order valence-corrected chi connectivity index (χ1v) is 5.18. The van der Waals surface area contributed by atoms with E-state index in [1.54, 1.807) is 7.05 Å². The van der Waals surface area contributed by atoms with Gasteiger partial charge in [-0.2, -0.15) is 13.2 Å². The van der Waals surface area contributed by atoms with Crippen molar-refractivity contribution in [2.24, 2.45) is 0 Å². The van der Waals surface area contributed by atoms with Gasteiger partial charge in [-0.05, 0) is 6.42 Å². The monoisotopic (exact) mass is 248 g/mol. The summed E-state index contributed by atoms with van der Waals surface area (Å²) in [5.41, 5.74) is 0.682. The summed E-state index contributed by atoms with van der Waals surface area (Å²) >= 11 is 0. The van der Waals surface area contributed by atoms with Crippen LogP contribution in [0.2, 0.25) is 0 Å². The molecule has 0 fully saturated rings. The molecule has 0 unspecified atom stereocenters. The lowest BCUT2D eigenvalue weighted by atomic mass is 10.2. The van der Waals surface area contributed by atoms with Crippen molar-refractivity contribution in [3.63, 3.8) is 0 Å². The van der Waals surface area contributed by atoms with E-state index in [9.17, 15) is 13.2 Å². The van der Waals surface area contributed by atoms with Gasteiger partial charge in [0.25, 0.3) is 0 Å². The quantitative estimate of drug-likeness (QED) is 0.885. The van der Waals surface area contributed by atoms with E-state index >= 15 is 0 Å². The van der Waals surface area contributed by atoms with Crippen molar-refractivity contribution in [2.45, 2.75) is 19.5 Å². The van der Waals surface area contributed by atoms with Crippen LogP contribution >= 0.6 is 0 Å². The Labute approximate surface area is 97.9 Å². The lowest BCUT2D eigenvalue weighted by Crippen LogP contribution is -2.32. The maximum Gasteiger partial charge on any atom is 0.405 e. The zero-order chi connectivity index (χ0) is 13.1. The fraction of sp³-hybridized carbons (Fsp3) is 0.600. The Bertz CT molecular complexity index is 378. The summed E-state index contributed by atoms with van der Waals surface area (Å²) in [7, 11) is 3.05. The van der Waals surface area contributed by atoms with Gasteiger partial charge in [-0.25, -0.2) is 9.97 Å². The van der Waals surface area contributed by atoms with Crippen molar-refractivity contribution >= 4 is 11.6 Å². The second kappa shape index (κ2) is 5.20. The fourth-order valence-electron chi connectivity index (χ4n) is 1.62. The molecule has 0 saturated carbocycles. The highest BCUT2D eigenvalue weighted by Crippen LogP contribution is 2.25. The molecular formula is C10H15F3N4. The minimum absolute atomic E-state index is 0.309. The molecule has 0 amide bonds. The zero-order valence-electron chi connectivity index (χ0n) is 9.97. The van der Waals surface area contributed by atoms with Crippen molar-refractivity contribution in [3.05, 3.63) is 11.9 Å². The number of hydrogen-bond acceptors (Lipinski definition) is 4. The maximum absolute atomic E-state index is 12.3. The number of alkyl halides is 3. The van der Waals surface area contributed by atoms with E-state index in [0.29, 0.717) is 23.6 Å². The number of rotatable bonds is 4. The summed E-state index contributed by atoms with van der Waals surface area (Å²) < 4.78 is 36.9. The lowest BCUT2D eigenvalue weighted by Gasteiger charge is -2.22. The highest BCUT2D eigenvalue weighted by molar-refractivity contribution is 5.58. The SMILES string of the molecule is CCc1c(NC)ncnc1N(C)CC(F)(F)F. The van der Waals surface area contributed by atoms with Crippen molar-refractivity contribution in [1.82, 2.24) is 9.97 Å². The van der Waals surface area contributed by atoms with E-state index in [2.05, 4.69) is 15.3 Å².